The van der Waals surface area contributed by atoms with Gasteiger partial charge in [-0.25, -0.2) is 0 Å². The molecule has 12 aromatic rings. The molecule has 61 heavy (non-hydrogen) atoms. The fraction of sp³-hybridized carbons (Fsp3) is 0. The van der Waals surface area contributed by atoms with E-state index >= 15 is 0 Å². The fourth-order valence-electron chi connectivity index (χ4n) is 9.25. The minimum Gasteiger partial charge on any atom is -0.455 e. The van der Waals surface area contributed by atoms with Crippen molar-refractivity contribution in [2.75, 3.05) is 4.90 Å². The first-order valence-electron chi connectivity index (χ1n) is 20.7. The van der Waals surface area contributed by atoms with E-state index in [0.717, 1.165) is 94.3 Å². The van der Waals surface area contributed by atoms with E-state index in [1.54, 1.807) is 0 Å². The molecular formula is C58H37NO2. The number of rotatable bonds is 7. The highest BCUT2D eigenvalue weighted by Gasteiger charge is 2.26. The quantitative estimate of drug-likeness (QED) is 0.161. The minimum atomic E-state index is 0.856. The molecule has 10 aromatic carbocycles. The van der Waals surface area contributed by atoms with Crippen LogP contribution in [0, 0.1) is 0 Å². The number of benzene rings is 10. The van der Waals surface area contributed by atoms with Gasteiger partial charge < -0.3 is 13.7 Å². The number of furan rings is 2. The zero-order chi connectivity index (χ0) is 40.3. The second kappa shape index (κ2) is 14.3. The Kier molecular flexibility index (Phi) is 8.17. The monoisotopic (exact) mass is 779 g/mol. The lowest BCUT2D eigenvalue weighted by Crippen LogP contribution is -2.13. The molecule has 0 aliphatic heterocycles. The van der Waals surface area contributed by atoms with Gasteiger partial charge in [-0.05, 0) is 69.4 Å². The maximum absolute atomic E-state index is 6.77. The predicted molar refractivity (Wildman–Crippen MR) is 255 cm³/mol. The largest absolute Gasteiger partial charge is 0.455 e. The van der Waals surface area contributed by atoms with Crippen LogP contribution in [0.15, 0.2) is 233 Å². The van der Waals surface area contributed by atoms with Gasteiger partial charge in [-0.15, -0.1) is 0 Å². The highest BCUT2D eigenvalue weighted by atomic mass is 16.3. The first-order valence-corrected chi connectivity index (χ1v) is 20.7. The van der Waals surface area contributed by atoms with Crippen molar-refractivity contribution >= 4 is 71.7 Å². The molecule has 0 aliphatic carbocycles. The highest BCUT2D eigenvalue weighted by molar-refractivity contribution is 6.14. The minimum absolute atomic E-state index is 0.856. The molecule has 0 amide bonds. The molecular weight excluding hydrogens is 743 g/mol. The maximum atomic E-state index is 6.77. The summed E-state index contributed by atoms with van der Waals surface area (Å²) >= 11 is 0. The molecule has 2 heterocycles. The van der Waals surface area contributed by atoms with Gasteiger partial charge in [0.2, 0.25) is 0 Å². The molecule has 0 saturated carbocycles. The van der Waals surface area contributed by atoms with Crippen molar-refractivity contribution < 1.29 is 8.83 Å². The molecule has 0 atom stereocenters. The Balaban J connectivity index is 1.15. The van der Waals surface area contributed by atoms with Gasteiger partial charge in [0, 0.05) is 55.2 Å². The topological polar surface area (TPSA) is 29.5 Å². The molecule has 286 valence electrons. The fourth-order valence-corrected chi connectivity index (χ4v) is 9.25. The average Bonchev–Trinajstić information content (AvgIpc) is 3.91. The van der Waals surface area contributed by atoms with Crippen LogP contribution < -0.4 is 4.90 Å². The van der Waals surface area contributed by atoms with E-state index in [0.29, 0.717) is 0 Å². The Bertz CT molecular complexity index is 3440. The van der Waals surface area contributed by atoms with Crippen molar-refractivity contribution in [1.82, 2.24) is 0 Å². The van der Waals surface area contributed by atoms with Gasteiger partial charge in [-0.1, -0.05) is 188 Å². The van der Waals surface area contributed by atoms with Crippen LogP contribution in [0.25, 0.3) is 99.2 Å². The maximum Gasteiger partial charge on any atom is 0.143 e. The second-order valence-corrected chi connectivity index (χ2v) is 15.6. The molecule has 3 heteroatoms. The van der Waals surface area contributed by atoms with Crippen molar-refractivity contribution in [2.24, 2.45) is 0 Å². The van der Waals surface area contributed by atoms with Gasteiger partial charge in [0.05, 0.1) is 5.69 Å². The van der Waals surface area contributed by atoms with Crippen LogP contribution in [-0.4, -0.2) is 0 Å². The van der Waals surface area contributed by atoms with Crippen molar-refractivity contribution in [3.05, 3.63) is 224 Å². The summed E-state index contributed by atoms with van der Waals surface area (Å²) < 4.78 is 13.5. The van der Waals surface area contributed by atoms with E-state index in [4.69, 9.17) is 8.83 Å². The van der Waals surface area contributed by atoms with Gasteiger partial charge in [0.1, 0.15) is 22.3 Å². The molecule has 0 spiro atoms. The summed E-state index contributed by atoms with van der Waals surface area (Å²) in [5.74, 6) is 0. The summed E-state index contributed by atoms with van der Waals surface area (Å²) in [6.07, 6.45) is 0. The normalized spacial score (nSPS) is 11.6. The lowest BCUT2D eigenvalue weighted by molar-refractivity contribution is 0.670. The Hall–Kier alpha value is -8.14. The molecule has 0 unspecified atom stereocenters. The molecule has 3 nitrogen and oxygen atoms in total. The third-order valence-corrected chi connectivity index (χ3v) is 12.1. The van der Waals surface area contributed by atoms with E-state index in [1.807, 2.05) is 12.1 Å². The molecule has 0 bridgehead atoms. The Morgan fingerprint density at radius 1 is 0.262 bits per heavy atom. The molecule has 0 fully saturated rings. The van der Waals surface area contributed by atoms with E-state index < -0.39 is 0 Å². The molecule has 2 aromatic heterocycles. The van der Waals surface area contributed by atoms with Crippen molar-refractivity contribution in [3.63, 3.8) is 0 Å². The number of nitrogens with zero attached hydrogens (tertiary/aromatic N) is 1. The predicted octanol–water partition coefficient (Wildman–Crippen LogP) is 16.8. The first-order chi connectivity index (χ1) is 30.3. The van der Waals surface area contributed by atoms with Crippen molar-refractivity contribution in [2.45, 2.75) is 0 Å². The zero-order valence-corrected chi connectivity index (χ0v) is 33.1. The molecule has 0 radical (unpaired) electrons. The van der Waals surface area contributed by atoms with E-state index in [-0.39, 0.29) is 0 Å². The van der Waals surface area contributed by atoms with Crippen LogP contribution >= 0.6 is 0 Å². The lowest BCUT2D eigenvalue weighted by atomic mass is 9.92. The van der Waals surface area contributed by atoms with E-state index in [1.165, 1.54) is 21.9 Å². The Morgan fingerprint density at radius 3 is 1.28 bits per heavy atom. The molecule has 12 rings (SSSR count). The van der Waals surface area contributed by atoms with Gasteiger partial charge >= 0.3 is 0 Å². The molecule has 0 aliphatic rings. The lowest BCUT2D eigenvalue weighted by Gasteiger charge is -2.30. The van der Waals surface area contributed by atoms with Crippen molar-refractivity contribution in [3.8, 4) is 44.5 Å². The Labute approximate surface area is 353 Å². The van der Waals surface area contributed by atoms with E-state index in [9.17, 15) is 0 Å². The summed E-state index contributed by atoms with van der Waals surface area (Å²) in [6.45, 7) is 0. The van der Waals surface area contributed by atoms with Crippen LogP contribution in [0.1, 0.15) is 0 Å². The zero-order valence-electron chi connectivity index (χ0n) is 33.1. The van der Waals surface area contributed by atoms with Crippen LogP contribution in [-0.2, 0) is 0 Å². The first kappa shape index (κ1) is 34.9. The summed E-state index contributed by atoms with van der Waals surface area (Å²) in [5.41, 5.74) is 15.3. The van der Waals surface area contributed by atoms with Crippen LogP contribution in [0.5, 0.6) is 0 Å². The second-order valence-electron chi connectivity index (χ2n) is 15.6. The Morgan fingerprint density at radius 2 is 0.672 bits per heavy atom. The summed E-state index contributed by atoms with van der Waals surface area (Å²) in [5, 5.41) is 6.82. The van der Waals surface area contributed by atoms with Gasteiger partial charge in [0.25, 0.3) is 0 Å². The number of anilines is 3. The van der Waals surface area contributed by atoms with Crippen molar-refractivity contribution in [1.29, 1.82) is 0 Å². The number of para-hydroxylation sites is 5. The highest BCUT2D eigenvalue weighted by Crippen LogP contribution is 2.50. The summed E-state index contributed by atoms with van der Waals surface area (Å²) in [4.78, 5) is 2.41. The van der Waals surface area contributed by atoms with Gasteiger partial charge in [-0.2, -0.15) is 0 Å². The number of hydrogen-bond donors (Lipinski definition) is 0. The number of fused-ring (bicyclic) bond motifs is 7. The third-order valence-electron chi connectivity index (χ3n) is 12.1. The third kappa shape index (κ3) is 5.82. The smallest absolute Gasteiger partial charge is 0.143 e. The van der Waals surface area contributed by atoms with Gasteiger partial charge in [-0.3, -0.25) is 0 Å². The number of hydrogen-bond acceptors (Lipinski definition) is 3. The molecule has 0 saturated heterocycles. The van der Waals surface area contributed by atoms with Crippen LogP contribution in [0.3, 0.4) is 0 Å². The molecule has 0 N–H and O–H groups in total. The van der Waals surface area contributed by atoms with Crippen LogP contribution in [0.4, 0.5) is 17.1 Å². The van der Waals surface area contributed by atoms with Crippen LogP contribution in [0.2, 0.25) is 0 Å². The van der Waals surface area contributed by atoms with E-state index in [2.05, 4.69) is 217 Å². The average molecular weight is 780 g/mol. The standard InChI is InChI=1S/C58H37NO2/c1-2-14-38(15-3-1)39-30-34-42(35-31-39)59(43-36-32-41(33-37-43)45-21-10-17-40-16-4-5-18-44(40)45)56-48(52-26-12-24-50-46-19-6-8-28-54(46)60-57(50)52)22-11-23-49(56)53-27-13-25-51-47-20-7-9-29-55(47)61-58(51)53/h1-37H. The van der Waals surface area contributed by atoms with Gasteiger partial charge in [0.15, 0.2) is 0 Å². The summed E-state index contributed by atoms with van der Waals surface area (Å²) in [6, 6.07) is 79.9. The SMILES string of the molecule is c1ccc(-c2ccc(N(c3ccc(-c4cccc5ccccc45)cc3)c3c(-c4cccc5c4oc4ccccc45)cccc3-c3cccc4c3oc3ccccc34)cc2)cc1. The summed E-state index contributed by atoms with van der Waals surface area (Å²) in [7, 11) is 0.